The fourth-order valence-electron chi connectivity index (χ4n) is 3.27. The van der Waals surface area contributed by atoms with Crippen molar-refractivity contribution in [3.05, 3.63) is 35.9 Å². The van der Waals surface area contributed by atoms with E-state index in [9.17, 15) is 4.79 Å². The summed E-state index contributed by atoms with van der Waals surface area (Å²) in [6.45, 7) is 3.34. The van der Waals surface area contributed by atoms with Crippen molar-refractivity contribution >= 4 is 5.78 Å². The SMILES string of the molecule is CCC(C(=O)c1ccccc1)N1CCCC1CCCO. The predicted molar refractivity (Wildman–Crippen MR) is 80.9 cm³/mol. The number of rotatable bonds is 7. The normalized spacial score (nSPS) is 21.0. The van der Waals surface area contributed by atoms with E-state index in [2.05, 4.69) is 11.8 Å². The van der Waals surface area contributed by atoms with Crippen LogP contribution in [0, 0.1) is 0 Å². The Morgan fingerprint density at radius 3 is 2.80 bits per heavy atom. The van der Waals surface area contributed by atoms with Crippen LogP contribution in [0.2, 0.25) is 0 Å². The Morgan fingerprint density at radius 1 is 1.40 bits per heavy atom. The van der Waals surface area contributed by atoms with Gasteiger partial charge in [-0.2, -0.15) is 0 Å². The number of carbonyl (C=O) groups excluding carboxylic acids is 1. The lowest BCUT2D eigenvalue weighted by Gasteiger charge is -2.31. The topological polar surface area (TPSA) is 40.5 Å². The van der Waals surface area contributed by atoms with Gasteiger partial charge in [0.1, 0.15) is 0 Å². The van der Waals surface area contributed by atoms with Crippen LogP contribution in [0.15, 0.2) is 30.3 Å². The van der Waals surface area contributed by atoms with Crippen molar-refractivity contribution in [2.45, 2.75) is 51.1 Å². The zero-order chi connectivity index (χ0) is 14.4. The van der Waals surface area contributed by atoms with Gasteiger partial charge in [-0.25, -0.2) is 0 Å². The van der Waals surface area contributed by atoms with Crippen molar-refractivity contribution in [1.82, 2.24) is 4.90 Å². The number of carbonyl (C=O) groups is 1. The summed E-state index contributed by atoms with van der Waals surface area (Å²) >= 11 is 0. The molecule has 1 aliphatic heterocycles. The van der Waals surface area contributed by atoms with Gasteiger partial charge >= 0.3 is 0 Å². The van der Waals surface area contributed by atoms with Crippen LogP contribution in [0.3, 0.4) is 0 Å². The third-order valence-electron chi connectivity index (χ3n) is 4.27. The molecular weight excluding hydrogens is 250 g/mol. The highest BCUT2D eigenvalue weighted by atomic mass is 16.2. The average Bonchev–Trinajstić information content (AvgIpc) is 2.95. The van der Waals surface area contributed by atoms with Gasteiger partial charge in [0, 0.05) is 18.2 Å². The Labute approximate surface area is 121 Å². The molecule has 0 radical (unpaired) electrons. The smallest absolute Gasteiger partial charge is 0.179 e. The quantitative estimate of drug-likeness (QED) is 0.778. The largest absolute Gasteiger partial charge is 0.396 e. The van der Waals surface area contributed by atoms with Crippen molar-refractivity contribution in [1.29, 1.82) is 0 Å². The highest BCUT2D eigenvalue weighted by molar-refractivity contribution is 6.00. The molecule has 0 aromatic heterocycles. The van der Waals surface area contributed by atoms with E-state index in [1.807, 2.05) is 30.3 Å². The van der Waals surface area contributed by atoms with Gasteiger partial charge in [-0.15, -0.1) is 0 Å². The lowest BCUT2D eigenvalue weighted by atomic mass is 9.99. The monoisotopic (exact) mass is 275 g/mol. The maximum atomic E-state index is 12.7. The first kappa shape index (κ1) is 15.2. The molecule has 1 aromatic rings. The molecule has 1 aromatic carbocycles. The number of ketones is 1. The minimum Gasteiger partial charge on any atom is -0.396 e. The molecule has 110 valence electrons. The Morgan fingerprint density at radius 2 is 2.15 bits per heavy atom. The Bertz CT molecular complexity index is 418. The molecule has 20 heavy (non-hydrogen) atoms. The second-order valence-corrected chi connectivity index (χ2v) is 5.55. The van der Waals surface area contributed by atoms with E-state index in [1.165, 1.54) is 0 Å². The standard InChI is InChI=1S/C17H25NO2/c1-2-16(17(20)14-8-4-3-5-9-14)18-12-6-10-15(18)11-7-13-19/h3-5,8-9,15-16,19H,2,6-7,10-13H2,1H3. The lowest BCUT2D eigenvalue weighted by Crippen LogP contribution is -2.43. The molecule has 3 nitrogen and oxygen atoms in total. The molecule has 0 spiro atoms. The molecule has 0 saturated carbocycles. The van der Waals surface area contributed by atoms with E-state index >= 15 is 0 Å². The van der Waals surface area contributed by atoms with E-state index < -0.39 is 0 Å². The van der Waals surface area contributed by atoms with Crippen molar-refractivity contribution in [2.75, 3.05) is 13.2 Å². The fraction of sp³-hybridized carbons (Fsp3) is 0.588. The van der Waals surface area contributed by atoms with Gasteiger partial charge in [-0.05, 0) is 38.6 Å². The summed E-state index contributed by atoms with van der Waals surface area (Å²) in [5.74, 6) is 0.240. The number of nitrogens with zero attached hydrogens (tertiary/aromatic N) is 1. The zero-order valence-electron chi connectivity index (χ0n) is 12.3. The van der Waals surface area contributed by atoms with E-state index in [-0.39, 0.29) is 18.4 Å². The van der Waals surface area contributed by atoms with Crippen LogP contribution < -0.4 is 0 Å². The highest BCUT2D eigenvalue weighted by Gasteiger charge is 2.33. The summed E-state index contributed by atoms with van der Waals surface area (Å²) in [5, 5.41) is 9.01. The molecule has 1 fully saturated rings. The van der Waals surface area contributed by atoms with Gasteiger partial charge in [-0.3, -0.25) is 9.69 Å². The second-order valence-electron chi connectivity index (χ2n) is 5.55. The Balaban J connectivity index is 2.09. The second kappa shape index (κ2) is 7.55. The van der Waals surface area contributed by atoms with Crippen LogP contribution in [-0.2, 0) is 0 Å². The highest BCUT2D eigenvalue weighted by Crippen LogP contribution is 2.26. The molecule has 1 saturated heterocycles. The van der Waals surface area contributed by atoms with E-state index in [1.54, 1.807) is 0 Å². The molecule has 1 heterocycles. The molecule has 2 atom stereocenters. The fourth-order valence-corrected chi connectivity index (χ4v) is 3.27. The molecule has 3 heteroatoms. The average molecular weight is 275 g/mol. The van der Waals surface area contributed by atoms with Gasteiger partial charge < -0.3 is 5.11 Å². The molecule has 2 rings (SSSR count). The first-order chi connectivity index (χ1) is 9.77. The number of benzene rings is 1. The van der Waals surface area contributed by atoms with Crippen LogP contribution in [0.25, 0.3) is 0 Å². The lowest BCUT2D eigenvalue weighted by molar-refractivity contribution is 0.0777. The van der Waals surface area contributed by atoms with Gasteiger partial charge in [0.15, 0.2) is 5.78 Å². The third-order valence-corrected chi connectivity index (χ3v) is 4.27. The summed E-state index contributed by atoms with van der Waals surface area (Å²) < 4.78 is 0. The first-order valence-electron chi connectivity index (χ1n) is 7.73. The maximum absolute atomic E-state index is 12.7. The minimum atomic E-state index is -0.0106. The van der Waals surface area contributed by atoms with Crippen molar-refractivity contribution in [3.8, 4) is 0 Å². The summed E-state index contributed by atoms with van der Waals surface area (Å²) in [7, 11) is 0. The van der Waals surface area contributed by atoms with Crippen molar-refractivity contribution < 1.29 is 9.90 Å². The molecule has 1 N–H and O–H groups in total. The number of likely N-dealkylation sites (tertiary alicyclic amines) is 1. The molecule has 0 bridgehead atoms. The summed E-state index contributed by atoms with van der Waals surface area (Å²) in [6, 6.07) is 10.1. The van der Waals surface area contributed by atoms with Crippen LogP contribution in [0.1, 0.15) is 49.4 Å². The number of aliphatic hydroxyl groups is 1. The maximum Gasteiger partial charge on any atom is 0.179 e. The van der Waals surface area contributed by atoms with Crippen LogP contribution in [0.4, 0.5) is 0 Å². The van der Waals surface area contributed by atoms with E-state index in [0.29, 0.717) is 6.04 Å². The van der Waals surface area contributed by atoms with Crippen LogP contribution in [0.5, 0.6) is 0 Å². The molecular formula is C17H25NO2. The molecule has 1 aliphatic rings. The van der Waals surface area contributed by atoms with Crippen molar-refractivity contribution in [2.24, 2.45) is 0 Å². The van der Waals surface area contributed by atoms with E-state index in [4.69, 9.17) is 5.11 Å². The van der Waals surface area contributed by atoms with Gasteiger partial charge in [-0.1, -0.05) is 37.3 Å². The number of hydrogen-bond donors (Lipinski definition) is 1. The van der Waals surface area contributed by atoms with Gasteiger partial charge in [0.05, 0.1) is 6.04 Å². The van der Waals surface area contributed by atoms with Crippen LogP contribution in [-0.4, -0.2) is 41.0 Å². The van der Waals surface area contributed by atoms with Crippen molar-refractivity contribution in [3.63, 3.8) is 0 Å². The first-order valence-corrected chi connectivity index (χ1v) is 7.73. The van der Waals surface area contributed by atoms with Gasteiger partial charge in [0.25, 0.3) is 0 Å². The van der Waals surface area contributed by atoms with Gasteiger partial charge in [0.2, 0.25) is 0 Å². The summed E-state index contributed by atoms with van der Waals surface area (Å²) in [5.41, 5.74) is 0.812. The number of hydrogen-bond acceptors (Lipinski definition) is 3. The Hall–Kier alpha value is -1.19. The number of Topliss-reactive ketones (excluding diaryl/α,β-unsaturated/α-hetero) is 1. The molecule has 0 aliphatic carbocycles. The Kier molecular flexibility index (Phi) is 5.74. The zero-order valence-corrected chi connectivity index (χ0v) is 12.3. The molecule has 0 amide bonds. The summed E-state index contributed by atoms with van der Waals surface area (Å²) in [4.78, 5) is 15.1. The third kappa shape index (κ3) is 3.47. The summed E-state index contributed by atoms with van der Waals surface area (Å²) in [6.07, 6.45) is 4.99. The minimum absolute atomic E-state index is 0.0106. The van der Waals surface area contributed by atoms with Crippen LogP contribution >= 0.6 is 0 Å². The van der Waals surface area contributed by atoms with E-state index in [0.717, 1.165) is 44.2 Å². The predicted octanol–water partition coefficient (Wildman–Crippen LogP) is 2.88. The molecule has 2 unspecified atom stereocenters. The number of aliphatic hydroxyl groups excluding tert-OH is 1.